The highest BCUT2D eigenvalue weighted by Crippen LogP contribution is 2.26. The Balaban J connectivity index is 2.31. The molecule has 0 aliphatic rings. The summed E-state index contributed by atoms with van der Waals surface area (Å²) in [6.07, 6.45) is 0.297. The number of nitrogens with zero attached hydrogens (tertiary/aromatic N) is 1. The number of hydrogen-bond donors (Lipinski definition) is 2. The van der Waals surface area contributed by atoms with Crippen molar-refractivity contribution in [3.05, 3.63) is 34.7 Å². The van der Waals surface area contributed by atoms with Gasteiger partial charge in [-0.1, -0.05) is 12.1 Å². The number of nitriles is 1. The van der Waals surface area contributed by atoms with Gasteiger partial charge in [-0.25, -0.2) is 0 Å². The van der Waals surface area contributed by atoms with Gasteiger partial charge in [-0.2, -0.15) is 5.26 Å². The van der Waals surface area contributed by atoms with Gasteiger partial charge in [0.25, 0.3) is 0 Å². The lowest BCUT2D eigenvalue weighted by Gasteiger charge is -2.05. The number of hydrogen-bond acceptors (Lipinski definition) is 4. The van der Waals surface area contributed by atoms with Crippen LogP contribution in [-0.2, 0) is 11.2 Å². The quantitative estimate of drug-likeness (QED) is 0.863. The lowest BCUT2D eigenvalue weighted by atomic mass is 10.1. The van der Waals surface area contributed by atoms with Crippen LogP contribution in [0.15, 0.2) is 24.3 Å². The van der Waals surface area contributed by atoms with E-state index in [2.05, 4.69) is 6.07 Å². The Morgan fingerprint density at radius 1 is 1.53 bits per heavy atom. The first-order valence-electron chi connectivity index (χ1n) is 5.01. The Labute approximate surface area is 102 Å². The van der Waals surface area contributed by atoms with Gasteiger partial charge in [0.15, 0.2) is 0 Å². The number of benzene rings is 1. The molecule has 5 heteroatoms. The number of thiophene rings is 1. The van der Waals surface area contributed by atoms with Crippen molar-refractivity contribution < 1.29 is 9.90 Å². The van der Waals surface area contributed by atoms with E-state index in [-0.39, 0.29) is 0 Å². The molecular formula is C12H10N2O2S. The summed E-state index contributed by atoms with van der Waals surface area (Å²) in [4.78, 5) is 11.3. The molecule has 0 fully saturated rings. The molecule has 0 aliphatic heterocycles. The Morgan fingerprint density at radius 3 is 2.94 bits per heavy atom. The number of aliphatic carboxylic acids is 1. The molecule has 4 nitrogen and oxygen atoms in total. The lowest BCUT2D eigenvalue weighted by molar-refractivity contribution is -0.138. The zero-order valence-corrected chi connectivity index (χ0v) is 9.70. The summed E-state index contributed by atoms with van der Waals surface area (Å²) in [5, 5.41) is 18.5. The smallest absolute Gasteiger partial charge is 0.320 e. The maximum atomic E-state index is 10.7. The third-order valence-electron chi connectivity index (χ3n) is 2.47. The summed E-state index contributed by atoms with van der Waals surface area (Å²) < 4.78 is 0.983. The van der Waals surface area contributed by atoms with Gasteiger partial charge < -0.3 is 10.8 Å². The van der Waals surface area contributed by atoms with Crippen molar-refractivity contribution in [3.8, 4) is 6.07 Å². The first-order valence-corrected chi connectivity index (χ1v) is 5.83. The molecule has 0 aliphatic carbocycles. The minimum Gasteiger partial charge on any atom is -0.480 e. The Morgan fingerprint density at radius 2 is 2.29 bits per heavy atom. The van der Waals surface area contributed by atoms with E-state index in [4.69, 9.17) is 16.1 Å². The Kier molecular flexibility index (Phi) is 3.09. The largest absolute Gasteiger partial charge is 0.480 e. The molecule has 1 aromatic carbocycles. The van der Waals surface area contributed by atoms with Gasteiger partial charge in [0.2, 0.25) is 0 Å². The summed E-state index contributed by atoms with van der Waals surface area (Å²) in [7, 11) is 0. The fourth-order valence-electron chi connectivity index (χ4n) is 1.60. The van der Waals surface area contributed by atoms with Crippen LogP contribution in [0.5, 0.6) is 0 Å². The zero-order chi connectivity index (χ0) is 12.4. The number of nitrogens with two attached hydrogens (primary N) is 1. The predicted molar refractivity (Wildman–Crippen MR) is 65.9 cm³/mol. The second-order valence-electron chi connectivity index (χ2n) is 3.74. The molecule has 0 unspecified atom stereocenters. The van der Waals surface area contributed by atoms with Gasteiger partial charge in [-0.15, -0.1) is 11.3 Å². The number of carboxylic acid groups (broad SMARTS) is 1. The minimum absolute atomic E-state index is 0.297. The van der Waals surface area contributed by atoms with Gasteiger partial charge in [-0.05, 0) is 29.5 Å². The van der Waals surface area contributed by atoms with Crippen LogP contribution in [0.3, 0.4) is 0 Å². The molecule has 0 saturated heterocycles. The van der Waals surface area contributed by atoms with Crippen molar-refractivity contribution in [2.45, 2.75) is 12.5 Å². The van der Waals surface area contributed by atoms with Crippen LogP contribution in [-0.4, -0.2) is 17.1 Å². The van der Waals surface area contributed by atoms with Crippen LogP contribution >= 0.6 is 11.3 Å². The molecule has 0 amide bonds. The minimum atomic E-state index is -1.01. The van der Waals surface area contributed by atoms with Crippen molar-refractivity contribution in [2.24, 2.45) is 5.73 Å². The van der Waals surface area contributed by atoms with Gasteiger partial charge in [0.1, 0.15) is 17.0 Å². The maximum Gasteiger partial charge on any atom is 0.320 e. The molecule has 0 saturated carbocycles. The summed E-state index contributed by atoms with van der Waals surface area (Å²) in [6.45, 7) is 0. The Bertz CT molecular complexity index is 612. The van der Waals surface area contributed by atoms with Gasteiger partial charge in [0, 0.05) is 4.70 Å². The van der Waals surface area contributed by atoms with Crippen molar-refractivity contribution in [3.63, 3.8) is 0 Å². The van der Waals surface area contributed by atoms with E-state index in [0.717, 1.165) is 15.6 Å². The topological polar surface area (TPSA) is 87.1 Å². The second kappa shape index (κ2) is 4.53. The van der Waals surface area contributed by atoms with Crippen molar-refractivity contribution in [1.29, 1.82) is 5.26 Å². The average Bonchev–Trinajstić information content (AvgIpc) is 2.70. The molecule has 2 rings (SSSR count). The number of rotatable bonds is 3. The Hall–Kier alpha value is -1.90. The first-order chi connectivity index (χ1) is 8.10. The standard InChI is InChI=1S/C12H10N2O2S/c13-6-9-5-8-2-1-7(4-11(8)17-9)3-10(14)12(15)16/h1-2,4-5,10H,3,14H2,(H,15,16)/t10-/m0/s1. The second-order valence-corrected chi connectivity index (χ2v) is 4.83. The van der Waals surface area contributed by atoms with Crippen molar-refractivity contribution in [1.82, 2.24) is 0 Å². The van der Waals surface area contributed by atoms with Crippen LogP contribution in [0.25, 0.3) is 10.1 Å². The maximum absolute atomic E-state index is 10.7. The summed E-state index contributed by atoms with van der Waals surface area (Å²) >= 11 is 1.40. The lowest BCUT2D eigenvalue weighted by Crippen LogP contribution is -2.32. The molecule has 86 valence electrons. The highest BCUT2D eigenvalue weighted by atomic mass is 32.1. The normalized spacial score (nSPS) is 12.2. The zero-order valence-electron chi connectivity index (χ0n) is 8.88. The number of carboxylic acids is 1. The van der Waals surface area contributed by atoms with Crippen molar-refractivity contribution >= 4 is 27.4 Å². The summed E-state index contributed by atoms with van der Waals surface area (Å²) in [5.41, 5.74) is 6.35. The molecule has 2 aromatic rings. The van der Waals surface area contributed by atoms with E-state index in [9.17, 15) is 4.79 Å². The molecule has 1 heterocycles. The van der Waals surface area contributed by atoms with Gasteiger partial charge in [0.05, 0.1) is 0 Å². The summed E-state index contributed by atoms with van der Waals surface area (Å²) in [6, 6.07) is 8.65. The fourth-order valence-corrected chi connectivity index (χ4v) is 2.52. The number of fused-ring (bicyclic) bond motifs is 1. The molecule has 3 N–H and O–H groups in total. The molecular weight excluding hydrogens is 236 g/mol. The third-order valence-corrected chi connectivity index (χ3v) is 3.47. The highest BCUT2D eigenvalue weighted by molar-refractivity contribution is 7.19. The van der Waals surface area contributed by atoms with Gasteiger partial charge >= 0.3 is 5.97 Å². The van der Waals surface area contributed by atoms with Gasteiger partial charge in [-0.3, -0.25) is 4.79 Å². The van der Waals surface area contributed by atoms with E-state index in [1.165, 1.54) is 11.3 Å². The highest BCUT2D eigenvalue weighted by Gasteiger charge is 2.12. The SMILES string of the molecule is N#Cc1cc2ccc(C[C@H](N)C(=O)O)cc2s1. The van der Waals surface area contributed by atoms with E-state index >= 15 is 0 Å². The number of carbonyl (C=O) groups is 1. The third kappa shape index (κ3) is 2.44. The monoisotopic (exact) mass is 246 g/mol. The molecule has 0 radical (unpaired) electrons. The molecule has 0 spiro atoms. The molecule has 0 bridgehead atoms. The van der Waals surface area contributed by atoms with E-state index in [0.29, 0.717) is 11.3 Å². The predicted octanol–water partition coefficient (Wildman–Crippen LogP) is 1.73. The van der Waals surface area contributed by atoms with Crippen LogP contribution in [0.4, 0.5) is 0 Å². The van der Waals surface area contributed by atoms with E-state index in [1.807, 2.05) is 24.3 Å². The van der Waals surface area contributed by atoms with E-state index in [1.54, 1.807) is 0 Å². The summed E-state index contributed by atoms with van der Waals surface area (Å²) in [5.74, 6) is -1.01. The average molecular weight is 246 g/mol. The van der Waals surface area contributed by atoms with E-state index < -0.39 is 12.0 Å². The van der Waals surface area contributed by atoms with Crippen LogP contribution in [0.2, 0.25) is 0 Å². The molecule has 1 atom stereocenters. The fraction of sp³-hybridized carbons (Fsp3) is 0.167. The van der Waals surface area contributed by atoms with Crippen LogP contribution in [0, 0.1) is 11.3 Å². The molecule has 1 aromatic heterocycles. The van der Waals surface area contributed by atoms with Crippen LogP contribution in [0.1, 0.15) is 10.4 Å². The first kappa shape index (κ1) is 11.6. The van der Waals surface area contributed by atoms with Crippen LogP contribution < -0.4 is 5.73 Å². The molecule has 17 heavy (non-hydrogen) atoms. The van der Waals surface area contributed by atoms with Crippen molar-refractivity contribution in [2.75, 3.05) is 0 Å².